The lowest BCUT2D eigenvalue weighted by Crippen LogP contribution is -2.35. The number of aliphatic hydroxyl groups is 1. The Bertz CT molecular complexity index is 483. The number of anilines is 1. The van der Waals surface area contributed by atoms with Crippen molar-refractivity contribution in [1.82, 2.24) is 5.32 Å². The van der Waals surface area contributed by atoms with Gasteiger partial charge in [0.15, 0.2) is 0 Å². The van der Waals surface area contributed by atoms with Crippen molar-refractivity contribution in [3.63, 3.8) is 0 Å². The van der Waals surface area contributed by atoms with Gasteiger partial charge in [-0.2, -0.15) is 13.2 Å². The molecule has 22 heavy (non-hydrogen) atoms. The minimum Gasteiger partial charge on any atom is -0.391 e. The molecule has 1 unspecified atom stereocenters. The number of amides is 2. The third-order valence-electron chi connectivity index (χ3n) is 2.65. The van der Waals surface area contributed by atoms with Crippen molar-refractivity contribution in [2.45, 2.75) is 36.9 Å². The van der Waals surface area contributed by atoms with Crippen LogP contribution >= 0.6 is 11.8 Å². The highest BCUT2D eigenvalue weighted by Crippen LogP contribution is 2.31. The van der Waals surface area contributed by atoms with Crippen LogP contribution in [0, 0.1) is 0 Å². The molecule has 3 N–H and O–H groups in total. The Labute approximate surface area is 131 Å². The standard InChI is InChI=1S/C14H19F3N2O2S/c1-2-5-10(20)8-18-13(21)19-11-6-3-4-7-12(11)22-9-14(15,16)17/h3-4,6-7,10,20H,2,5,8-9H2,1H3,(H2,18,19,21). The number of nitrogens with one attached hydrogen (secondary N) is 2. The van der Waals surface area contributed by atoms with Crippen molar-refractivity contribution < 1.29 is 23.1 Å². The molecule has 0 aliphatic heterocycles. The first-order chi connectivity index (χ1) is 10.3. The summed E-state index contributed by atoms with van der Waals surface area (Å²) in [4.78, 5) is 12.0. The highest BCUT2D eigenvalue weighted by atomic mass is 32.2. The molecular formula is C14H19F3N2O2S. The van der Waals surface area contributed by atoms with E-state index in [1.165, 1.54) is 12.1 Å². The summed E-state index contributed by atoms with van der Waals surface area (Å²) in [6.07, 6.45) is -3.55. The van der Waals surface area contributed by atoms with Crippen LogP contribution in [-0.2, 0) is 0 Å². The molecule has 0 saturated heterocycles. The van der Waals surface area contributed by atoms with Gasteiger partial charge in [-0.3, -0.25) is 0 Å². The van der Waals surface area contributed by atoms with Crippen molar-refractivity contribution in [3.05, 3.63) is 24.3 Å². The van der Waals surface area contributed by atoms with E-state index in [2.05, 4.69) is 10.6 Å². The predicted molar refractivity (Wildman–Crippen MR) is 81.2 cm³/mol. The molecule has 0 spiro atoms. The number of benzene rings is 1. The number of thioether (sulfide) groups is 1. The Hall–Kier alpha value is -1.41. The van der Waals surface area contributed by atoms with E-state index in [4.69, 9.17) is 0 Å². The summed E-state index contributed by atoms with van der Waals surface area (Å²) in [5.41, 5.74) is 0.305. The SMILES string of the molecule is CCCC(O)CNC(=O)Nc1ccccc1SCC(F)(F)F. The first kappa shape index (κ1) is 18.6. The Morgan fingerprint density at radius 2 is 2.05 bits per heavy atom. The van der Waals surface area contributed by atoms with E-state index in [9.17, 15) is 23.1 Å². The first-order valence-corrected chi connectivity index (χ1v) is 7.82. The quantitative estimate of drug-likeness (QED) is 0.667. The van der Waals surface area contributed by atoms with Crippen LogP contribution in [0.2, 0.25) is 0 Å². The topological polar surface area (TPSA) is 61.4 Å². The van der Waals surface area contributed by atoms with E-state index in [-0.39, 0.29) is 6.54 Å². The van der Waals surface area contributed by atoms with Crippen LogP contribution in [0.1, 0.15) is 19.8 Å². The molecule has 124 valence electrons. The van der Waals surface area contributed by atoms with Crippen LogP contribution in [0.15, 0.2) is 29.2 Å². The molecule has 0 bridgehead atoms. The minimum absolute atomic E-state index is 0.0948. The summed E-state index contributed by atoms with van der Waals surface area (Å²) in [5.74, 6) is -1.03. The van der Waals surface area contributed by atoms with E-state index in [0.29, 0.717) is 28.8 Å². The molecule has 8 heteroatoms. The molecule has 0 heterocycles. The maximum Gasteiger partial charge on any atom is 0.398 e. The molecule has 1 rings (SSSR count). The molecule has 0 fully saturated rings. The first-order valence-electron chi connectivity index (χ1n) is 6.83. The minimum atomic E-state index is -4.27. The summed E-state index contributed by atoms with van der Waals surface area (Å²) in [6.45, 7) is 2.01. The van der Waals surface area contributed by atoms with E-state index >= 15 is 0 Å². The molecule has 1 aromatic carbocycles. The number of hydrogen-bond donors (Lipinski definition) is 3. The van der Waals surface area contributed by atoms with E-state index < -0.39 is 24.1 Å². The van der Waals surface area contributed by atoms with Gasteiger partial charge in [-0.1, -0.05) is 25.5 Å². The van der Waals surface area contributed by atoms with Crippen LogP contribution < -0.4 is 10.6 Å². The average Bonchev–Trinajstić information content (AvgIpc) is 2.44. The number of carbonyl (C=O) groups is 1. The van der Waals surface area contributed by atoms with Gasteiger partial charge in [0.05, 0.1) is 17.5 Å². The van der Waals surface area contributed by atoms with Crippen LogP contribution in [0.5, 0.6) is 0 Å². The fourth-order valence-corrected chi connectivity index (χ4v) is 2.44. The predicted octanol–water partition coefficient (Wildman–Crippen LogP) is 3.62. The maximum absolute atomic E-state index is 12.3. The number of carbonyl (C=O) groups excluding carboxylic acids is 1. The number of aliphatic hydroxyl groups excluding tert-OH is 1. The molecule has 0 aliphatic carbocycles. The molecule has 0 radical (unpaired) electrons. The molecular weight excluding hydrogens is 317 g/mol. The fourth-order valence-electron chi connectivity index (χ4n) is 1.67. The molecule has 0 aliphatic rings. The van der Waals surface area contributed by atoms with Gasteiger partial charge in [0.25, 0.3) is 0 Å². The zero-order valence-corrected chi connectivity index (χ0v) is 12.9. The number of alkyl halides is 3. The lowest BCUT2D eigenvalue weighted by Gasteiger charge is -2.14. The highest BCUT2D eigenvalue weighted by molar-refractivity contribution is 7.99. The highest BCUT2D eigenvalue weighted by Gasteiger charge is 2.27. The average molecular weight is 336 g/mol. The second kappa shape index (κ2) is 8.89. The summed E-state index contributed by atoms with van der Waals surface area (Å²) in [5, 5.41) is 14.5. The van der Waals surface area contributed by atoms with Gasteiger partial charge >= 0.3 is 12.2 Å². The van der Waals surface area contributed by atoms with Gasteiger partial charge in [-0.15, -0.1) is 11.8 Å². The normalized spacial score (nSPS) is 12.8. The van der Waals surface area contributed by atoms with Crippen LogP contribution in [0.25, 0.3) is 0 Å². The largest absolute Gasteiger partial charge is 0.398 e. The van der Waals surface area contributed by atoms with Crippen molar-refractivity contribution in [2.75, 3.05) is 17.6 Å². The Morgan fingerprint density at radius 1 is 1.36 bits per heavy atom. The Kier molecular flexibility index (Phi) is 7.53. The molecule has 0 saturated carbocycles. The van der Waals surface area contributed by atoms with Gasteiger partial charge in [0, 0.05) is 11.4 Å². The third kappa shape index (κ3) is 7.56. The van der Waals surface area contributed by atoms with Crippen LogP contribution in [-0.4, -0.2) is 35.7 Å². The second-order valence-corrected chi connectivity index (χ2v) is 5.69. The summed E-state index contributed by atoms with van der Waals surface area (Å²) in [7, 11) is 0. The molecule has 1 atom stereocenters. The summed E-state index contributed by atoms with van der Waals surface area (Å²) < 4.78 is 36.8. The van der Waals surface area contributed by atoms with Crippen molar-refractivity contribution >= 4 is 23.5 Å². The number of rotatable bonds is 7. The lowest BCUT2D eigenvalue weighted by atomic mass is 10.2. The van der Waals surface area contributed by atoms with Gasteiger partial charge in [-0.05, 0) is 18.6 Å². The second-order valence-electron chi connectivity index (χ2n) is 4.68. The monoisotopic (exact) mass is 336 g/mol. The Balaban J connectivity index is 2.56. The number of hydrogen-bond acceptors (Lipinski definition) is 3. The zero-order valence-electron chi connectivity index (χ0n) is 12.1. The van der Waals surface area contributed by atoms with Gasteiger partial charge < -0.3 is 15.7 Å². The smallest absolute Gasteiger partial charge is 0.391 e. The lowest BCUT2D eigenvalue weighted by molar-refractivity contribution is -0.105. The fraction of sp³-hybridized carbons (Fsp3) is 0.500. The number of para-hydroxylation sites is 1. The maximum atomic E-state index is 12.3. The van der Waals surface area contributed by atoms with Gasteiger partial charge in [0.2, 0.25) is 0 Å². The molecule has 1 aromatic rings. The molecule has 0 aromatic heterocycles. The van der Waals surface area contributed by atoms with Gasteiger partial charge in [0.1, 0.15) is 0 Å². The number of urea groups is 1. The molecule has 2 amide bonds. The van der Waals surface area contributed by atoms with Crippen molar-refractivity contribution in [3.8, 4) is 0 Å². The molecule has 4 nitrogen and oxygen atoms in total. The third-order valence-corrected chi connectivity index (χ3v) is 3.79. The van der Waals surface area contributed by atoms with E-state index in [0.717, 1.165) is 6.42 Å². The number of halogens is 3. The zero-order chi connectivity index (χ0) is 16.6. The van der Waals surface area contributed by atoms with Crippen LogP contribution in [0.3, 0.4) is 0 Å². The van der Waals surface area contributed by atoms with E-state index in [1.807, 2.05) is 6.92 Å². The van der Waals surface area contributed by atoms with Crippen molar-refractivity contribution in [1.29, 1.82) is 0 Å². The summed E-state index contributed by atoms with van der Waals surface area (Å²) >= 11 is 0.612. The Morgan fingerprint density at radius 3 is 2.68 bits per heavy atom. The van der Waals surface area contributed by atoms with E-state index in [1.54, 1.807) is 12.1 Å². The van der Waals surface area contributed by atoms with Gasteiger partial charge in [-0.25, -0.2) is 4.79 Å². The summed E-state index contributed by atoms with van der Waals surface area (Å²) in [6, 6.07) is 5.71. The van der Waals surface area contributed by atoms with Crippen LogP contribution in [0.4, 0.5) is 23.7 Å². The van der Waals surface area contributed by atoms with Crippen molar-refractivity contribution in [2.24, 2.45) is 0 Å².